The average molecular weight is 261 g/mol. The van der Waals surface area contributed by atoms with Crippen LogP contribution in [0.15, 0.2) is 18.2 Å². The maximum atomic E-state index is 5.90. The van der Waals surface area contributed by atoms with Gasteiger partial charge in [-0.25, -0.2) is 0 Å². The lowest BCUT2D eigenvalue weighted by Gasteiger charge is -2.26. The number of hydrogen-bond donors (Lipinski definition) is 1. The van der Waals surface area contributed by atoms with Gasteiger partial charge in [0.2, 0.25) is 0 Å². The Morgan fingerprint density at radius 2 is 2.21 bits per heavy atom. The van der Waals surface area contributed by atoms with E-state index in [1.165, 1.54) is 36.8 Å². The monoisotopic (exact) mass is 261 g/mol. The summed E-state index contributed by atoms with van der Waals surface area (Å²) in [6.07, 6.45) is 4.90. The molecule has 0 saturated heterocycles. The van der Waals surface area contributed by atoms with Gasteiger partial charge < -0.3 is 10.1 Å². The number of aryl methyl sites for hydroxylation is 1. The molecule has 2 nitrogen and oxygen atoms in total. The summed E-state index contributed by atoms with van der Waals surface area (Å²) in [5, 5.41) is 3.58. The average Bonchev–Trinajstić information content (AvgIpc) is 2.45. The maximum Gasteiger partial charge on any atom is 0.119 e. The molecule has 1 aromatic rings. The van der Waals surface area contributed by atoms with E-state index in [0.29, 0.717) is 12.0 Å². The zero-order valence-electron chi connectivity index (χ0n) is 12.5. The first-order valence-electron chi connectivity index (χ1n) is 7.73. The number of nitrogens with one attached hydrogen (secondary N) is 1. The second-order valence-electron chi connectivity index (χ2n) is 5.69. The van der Waals surface area contributed by atoms with Gasteiger partial charge in [-0.2, -0.15) is 0 Å². The van der Waals surface area contributed by atoms with Gasteiger partial charge in [-0.1, -0.05) is 33.3 Å². The standard InChI is InChI=1S/C17H27NO/c1-4-13(3)12-19-15-9-10-16-14(11-15)7-6-8-17(16)18-5-2/h9-11,13,17-18H,4-8,12H2,1-3H3. The van der Waals surface area contributed by atoms with Crippen molar-refractivity contribution in [1.29, 1.82) is 0 Å². The lowest BCUT2D eigenvalue weighted by Crippen LogP contribution is -2.24. The van der Waals surface area contributed by atoms with Crippen LogP contribution in [0, 0.1) is 5.92 Å². The molecular formula is C17H27NO. The Balaban J connectivity index is 2.06. The molecule has 2 heteroatoms. The molecule has 1 aromatic carbocycles. The van der Waals surface area contributed by atoms with Crippen molar-refractivity contribution in [3.8, 4) is 5.75 Å². The molecule has 1 aliphatic rings. The maximum absolute atomic E-state index is 5.90. The van der Waals surface area contributed by atoms with E-state index < -0.39 is 0 Å². The summed E-state index contributed by atoms with van der Waals surface area (Å²) in [4.78, 5) is 0. The van der Waals surface area contributed by atoms with Crippen molar-refractivity contribution in [3.05, 3.63) is 29.3 Å². The quantitative estimate of drug-likeness (QED) is 0.832. The minimum atomic E-state index is 0.539. The molecule has 2 rings (SSSR count). The van der Waals surface area contributed by atoms with Crippen LogP contribution < -0.4 is 10.1 Å². The second kappa shape index (κ2) is 6.95. The van der Waals surface area contributed by atoms with Gasteiger partial charge in [0, 0.05) is 6.04 Å². The van der Waals surface area contributed by atoms with E-state index in [9.17, 15) is 0 Å². The van der Waals surface area contributed by atoms with Crippen LogP contribution in [-0.2, 0) is 6.42 Å². The van der Waals surface area contributed by atoms with Crippen molar-refractivity contribution in [2.75, 3.05) is 13.2 Å². The molecule has 0 fully saturated rings. The predicted octanol–water partition coefficient (Wildman–Crippen LogP) is 4.10. The predicted molar refractivity (Wildman–Crippen MR) is 80.7 cm³/mol. The van der Waals surface area contributed by atoms with E-state index in [1.54, 1.807) is 0 Å². The zero-order valence-corrected chi connectivity index (χ0v) is 12.5. The Bertz CT molecular complexity index is 402. The Labute approximate surface area is 117 Å². The Hall–Kier alpha value is -1.02. The topological polar surface area (TPSA) is 21.3 Å². The van der Waals surface area contributed by atoms with Crippen molar-refractivity contribution in [3.63, 3.8) is 0 Å². The van der Waals surface area contributed by atoms with E-state index in [0.717, 1.165) is 18.9 Å². The molecule has 0 radical (unpaired) electrons. The van der Waals surface area contributed by atoms with Gasteiger partial charge in [0.25, 0.3) is 0 Å². The summed E-state index contributed by atoms with van der Waals surface area (Å²) < 4.78 is 5.90. The Morgan fingerprint density at radius 1 is 1.37 bits per heavy atom. The van der Waals surface area contributed by atoms with E-state index in [1.807, 2.05) is 0 Å². The summed E-state index contributed by atoms with van der Waals surface area (Å²) in [7, 11) is 0. The summed E-state index contributed by atoms with van der Waals surface area (Å²) in [6, 6.07) is 7.18. The van der Waals surface area contributed by atoms with Crippen molar-refractivity contribution >= 4 is 0 Å². The van der Waals surface area contributed by atoms with Gasteiger partial charge in [-0.3, -0.25) is 0 Å². The van der Waals surface area contributed by atoms with Gasteiger partial charge in [0.1, 0.15) is 5.75 Å². The smallest absolute Gasteiger partial charge is 0.119 e. The molecule has 0 spiro atoms. The molecule has 0 amide bonds. The molecule has 2 atom stereocenters. The molecule has 0 saturated carbocycles. The van der Waals surface area contributed by atoms with Crippen LogP contribution >= 0.6 is 0 Å². The normalized spacial score (nSPS) is 19.8. The highest BCUT2D eigenvalue weighted by atomic mass is 16.5. The Kier molecular flexibility index (Phi) is 5.26. The zero-order chi connectivity index (χ0) is 13.7. The first-order valence-corrected chi connectivity index (χ1v) is 7.73. The number of ether oxygens (including phenoxy) is 1. The van der Waals surface area contributed by atoms with E-state index >= 15 is 0 Å². The third-order valence-corrected chi connectivity index (χ3v) is 4.11. The van der Waals surface area contributed by atoms with Crippen LogP contribution in [0.3, 0.4) is 0 Å². The van der Waals surface area contributed by atoms with Crippen molar-refractivity contribution in [2.24, 2.45) is 5.92 Å². The second-order valence-corrected chi connectivity index (χ2v) is 5.69. The van der Waals surface area contributed by atoms with Crippen molar-refractivity contribution < 1.29 is 4.74 Å². The molecule has 0 aromatic heterocycles. The van der Waals surface area contributed by atoms with Gasteiger partial charge in [-0.05, 0) is 55.0 Å². The first-order chi connectivity index (χ1) is 9.24. The van der Waals surface area contributed by atoms with Crippen LogP contribution in [0.25, 0.3) is 0 Å². The lowest BCUT2D eigenvalue weighted by atomic mass is 9.87. The SMILES string of the molecule is CCNC1CCCc2cc(OCC(C)CC)ccc21. The van der Waals surface area contributed by atoms with Crippen LogP contribution in [0.5, 0.6) is 5.75 Å². The summed E-state index contributed by atoms with van der Waals surface area (Å²) in [6.45, 7) is 8.49. The first kappa shape index (κ1) is 14.4. The van der Waals surface area contributed by atoms with Crippen LogP contribution in [0.4, 0.5) is 0 Å². The van der Waals surface area contributed by atoms with E-state index in [-0.39, 0.29) is 0 Å². The molecule has 19 heavy (non-hydrogen) atoms. The number of hydrogen-bond acceptors (Lipinski definition) is 2. The fraction of sp³-hybridized carbons (Fsp3) is 0.647. The summed E-state index contributed by atoms with van der Waals surface area (Å²) in [5.74, 6) is 1.67. The number of benzene rings is 1. The lowest BCUT2D eigenvalue weighted by molar-refractivity contribution is 0.256. The van der Waals surface area contributed by atoms with Crippen molar-refractivity contribution in [2.45, 2.75) is 52.5 Å². The number of rotatable bonds is 6. The minimum absolute atomic E-state index is 0.539. The molecule has 106 valence electrons. The van der Waals surface area contributed by atoms with Crippen LogP contribution in [-0.4, -0.2) is 13.2 Å². The largest absolute Gasteiger partial charge is 0.493 e. The van der Waals surface area contributed by atoms with E-state index in [2.05, 4.69) is 44.3 Å². The summed E-state index contributed by atoms with van der Waals surface area (Å²) in [5.41, 5.74) is 2.95. The third kappa shape index (κ3) is 3.73. The fourth-order valence-electron chi connectivity index (χ4n) is 2.70. The number of fused-ring (bicyclic) bond motifs is 1. The molecule has 1 N–H and O–H groups in total. The fourth-order valence-corrected chi connectivity index (χ4v) is 2.70. The molecular weight excluding hydrogens is 234 g/mol. The van der Waals surface area contributed by atoms with Gasteiger partial charge in [0.05, 0.1) is 6.61 Å². The van der Waals surface area contributed by atoms with Gasteiger partial charge in [0.15, 0.2) is 0 Å². The molecule has 0 heterocycles. The molecule has 0 aliphatic heterocycles. The summed E-state index contributed by atoms with van der Waals surface area (Å²) >= 11 is 0. The molecule has 2 unspecified atom stereocenters. The van der Waals surface area contributed by atoms with Crippen LogP contribution in [0.2, 0.25) is 0 Å². The molecule has 1 aliphatic carbocycles. The van der Waals surface area contributed by atoms with Crippen LogP contribution in [0.1, 0.15) is 57.2 Å². The third-order valence-electron chi connectivity index (χ3n) is 4.11. The molecule has 0 bridgehead atoms. The van der Waals surface area contributed by atoms with Crippen molar-refractivity contribution in [1.82, 2.24) is 5.32 Å². The highest BCUT2D eigenvalue weighted by Gasteiger charge is 2.19. The Morgan fingerprint density at radius 3 is 2.95 bits per heavy atom. The van der Waals surface area contributed by atoms with E-state index in [4.69, 9.17) is 4.74 Å². The minimum Gasteiger partial charge on any atom is -0.493 e. The highest BCUT2D eigenvalue weighted by molar-refractivity contribution is 5.39. The highest BCUT2D eigenvalue weighted by Crippen LogP contribution is 2.32. The van der Waals surface area contributed by atoms with Gasteiger partial charge >= 0.3 is 0 Å². The van der Waals surface area contributed by atoms with Gasteiger partial charge in [-0.15, -0.1) is 0 Å².